The van der Waals surface area contributed by atoms with Gasteiger partial charge in [-0.2, -0.15) is 0 Å². The van der Waals surface area contributed by atoms with Crippen molar-refractivity contribution < 1.29 is 0 Å². The molecule has 0 amide bonds. The van der Waals surface area contributed by atoms with Crippen LogP contribution in [0.2, 0.25) is 0 Å². The Morgan fingerprint density at radius 2 is 1.75 bits per heavy atom. The first-order valence-electron chi connectivity index (χ1n) is 3.06. The molecule has 0 nitrogen and oxygen atoms in total. The van der Waals surface area contributed by atoms with Gasteiger partial charge in [-0.05, 0) is 11.8 Å². The maximum absolute atomic E-state index is 2.47. The minimum Gasteiger partial charge on any atom is -0.0829 e. The summed E-state index contributed by atoms with van der Waals surface area (Å²) in [6.07, 6.45) is 1.31. The molecule has 0 saturated heterocycles. The van der Waals surface area contributed by atoms with E-state index in [2.05, 4.69) is 50.3 Å². The topological polar surface area (TPSA) is 0 Å². The number of rotatable bonds is 1. The van der Waals surface area contributed by atoms with Crippen LogP contribution in [-0.4, -0.2) is 3.92 Å². The lowest BCUT2D eigenvalue weighted by Crippen LogP contribution is -2.09. The number of alkyl halides is 1. The number of hydrogen-bond acceptors (Lipinski definition) is 0. The maximum atomic E-state index is 2.47. The van der Waals surface area contributed by atoms with Crippen LogP contribution in [0, 0.1) is 5.41 Å². The van der Waals surface area contributed by atoms with E-state index in [0.717, 1.165) is 3.92 Å². The van der Waals surface area contributed by atoms with Gasteiger partial charge in [0.25, 0.3) is 0 Å². The van der Waals surface area contributed by atoms with Crippen LogP contribution in [0.15, 0.2) is 0 Å². The van der Waals surface area contributed by atoms with Crippen LogP contribution < -0.4 is 0 Å². The average Bonchev–Trinajstić information content (AvgIpc) is 1.21. The predicted octanol–water partition coefficient (Wildman–Crippen LogP) is 3.25. The highest BCUT2D eigenvalue weighted by molar-refractivity contribution is 14.1. The quantitative estimate of drug-likeness (QED) is 0.475. The van der Waals surface area contributed by atoms with Gasteiger partial charge in [-0.15, -0.1) is 0 Å². The van der Waals surface area contributed by atoms with Crippen LogP contribution in [0.5, 0.6) is 0 Å². The van der Waals surface area contributed by atoms with E-state index in [9.17, 15) is 0 Å². The highest BCUT2D eigenvalue weighted by Gasteiger charge is 2.11. The SMILES string of the molecule is CC(I)CC(C)(C)C. The number of hydrogen-bond donors (Lipinski definition) is 0. The molecule has 1 heteroatoms. The van der Waals surface area contributed by atoms with E-state index in [1.165, 1.54) is 6.42 Å². The molecule has 0 N–H and O–H groups in total. The summed E-state index contributed by atoms with van der Waals surface area (Å²) in [5.41, 5.74) is 0.514. The molecule has 0 aromatic carbocycles. The summed E-state index contributed by atoms with van der Waals surface area (Å²) in [5, 5.41) is 0. The van der Waals surface area contributed by atoms with Crippen LogP contribution in [0.1, 0.15) is 34.1 Å². The van der Waals surface area contributed by atoms with E-state index >= 15 is 0 Å². The monoisotopic (exact) mass is 226 g/mol. The van der Waals surface area contributed by atoms with Crippen molar-refractivity contribution in [3.8, 4) is 0 Å². The molecule has 0 bridgehead atoms. The van der Waals surface area contributed by atoms with E-state index in [1.54, 1.807) is 0 Å². The zero-order valence-electron chi connectivity index (χ0n) is 6.16. The fourth-order valence-electron chi connectivity index (χ4n) is 0.844. The average molecular weight is 226 g/mol. The molecule has 0 rings (SSSR count). The third-order valence-corrected chi connectivity index (χ3v) is 1.33. The molecule has 0 fully saturated rings. The fourth-order valence-corrected chi connectivity index (χ4v) is 2.17. The normalized spacial score (nSPS) is 16.1. The van der Waals surface area contributed by atoms with Gasteiger partial charge < -0.3 is 0 Å². The molecule has 0 aliphatic carbocycles. The van der Waals surface area contributed by atoms with Gasteiger partial charge in [0.05, 0.1) is 0 Å². The van der Waals surface area contributed by atoms with Gasteiger partial charge in [0.1, 0.15) is 0 Å². The van der Waals surface area contributed by atoms with Crippen molar-refractivity contribution >= 4 is 22.6 Å². The second-order valence-electron chi connectivity index (χ2n) is 3.55. The molecular weight excluding hydrogens is 211 g/mol. The Hall–Kier alpha value is 0.730. The Bertz CT molecular complexity index is 59.3. The van der Waals surface area contributed by atoms with Crippen LogP contribution in [0.4, 0.5) is 0 Å². The minimum absolute atomic E-state index is 0.514. The van der Waals surface area contributed by atoms with Crippen LogP contribution in [0.3, 0.4) is 0 Å². The minimum atomic E-state index is 0.514. The molecule has 8 heavy (non-hydrogen) atoms. The summed E-state index contributed by atoms with van der Waals surface area (Å²) in [5.74, 6) is 0. The molecule has 1 atom stereocenters. The van der Waals surface area contributed by atoms with Crippen molar-refractivity contribution in [2.45, 2.75) is 38.0 Å². The molecule has 0 radical (unpaired) electrons. The summed E-state index contributed by atoms with van der Waals surface area (Å²) in [6, 6.07) is 0. The molecule has 1 unspecified atom stereocenters. The molecule has 50 valence electrons. The molecule has 0 aromatic heterocycles. The van der Waals surface area contributed by atoms with Gasteiger partial charge in [0.2, 0.25) is 0 Å². The van der Waals surface area contributed by atoms with Gasteiger partial charge in [-0.25, -0.2) is 0 Å². The lowest BCUT2D eigenvalue weighted by atomic mass is 9.91. The van der Waals surface area contributed by atoms with E-state index in [-0.39, 0.29) is 0 Å². The smallest absolute Gasteiger partial charge is 0.00863 e. The van der Waals surface area contributed by atoms with Crippen LogP contribution >= 0.6 is 22.6 Å². The van der Waals surface area contributed by atoms with E-state index in [0.29, 0.717) is 5.41 Å². The molecule has 0 aliphatic heterocycles. The predicted molar refractivity (Wildman–Crippen MR) is 47.6 cm³/mol. The van der Waals surface area contributed by atoms with E-state index < -0.39 is 0 Å². The van der Waals surface area contributed by atoms with Crippen molar-refractivity contribution in [1.82, 2.24) is 0 Å². The summed E-state index contributed by atoms with van der Waals surface area (Å²) in [7, 11) is 0. The van der Waals surface area contributed by atoms with Gasteiger partial charge in [-0.3, -0.25) is 0 Å². The van der Waals surface area contributed by atoms with Crippen LogP contribution in [-0.2, 0) is 0 Å². The first-order chi connectivity index (χ1) is 3.42. The van der Waals surface area contributed by atoms with E-state index in [1.807, 2.05) is 0 Å². The summed E-state index contributed by atoms with van der Waals surface area (Å²) in [4.78, 5) is 0. The van der Waals surface area contributed by atoms with Gasteiger partial charge in [0, 0.05) is 3.92 Å². The first-order valence-corrected chi connectivity index (χ1v) is 4.30. The molecule has 0 spiro atoms. The molecule has 0 saturated carbocycles. The zero-order valence-corrected chi connectivity index (χ0v) is 8.32. The standard InChI is InChI=1S/C7H15I/c1-6(8)5-7(2,3)4/h6H,5H2,1-4H3. The van der Waals surface area contributed by atoms with Crippen molar-refractivity contribution in [3.05, 3.63) is 0 Å². The second kappa shape index (κ2) is 3.04. The summed E-state index contributed by atoms with van der Waals surface area (Å²) < 4.78 is 0.813. The van der Waals surface area contributed by atoms with Crippen LogP contribution in [0.25, 0.3) is 0 Å². The van der Waals surface area contributed by atoms with Crippen molar-refractivity contribution in [3.63, 3.8) is 0 Å². The highest BCUT2D eigenvalue weighted by atomic mass is 127. The lowest BCUT2D eigenvalue weighted by molar-refractivity contribution is 0.383. The van der Waals surface area contributed by atoms with Gasteiger partial charge in [-0.1, -0.05) is 50.3 Å². The molecular formula is C7H15I. The maximum Gasteiger partial charge on any atom is 0.00863 e. The Balaban J connectivity index is 3.39. The molecule has 0 heterocycles. The number of halogens is 1. The highest BCUT2D eigenvalue weighted by Crippen LogP contribution is 2.23. The largest absolute Gasteiger partial charge is 0.0829 e. The first kappa shape index (κ1) is 8.73. The Morgan fingerprint density at radius 3 is 1.75 bits per heavy atom. The van der Waals surface area contributed by atoms with E-state index in [4.69, 9.17) is 0 Å². The third-order valence-electron chi connectivity index (χ3n) is 0.894. The Kier molecular flexibility index (Phi) is 3.32. The fraction of sp³-hybridized carbons (Fsp3) is 1.00. The van der Waals surface area contributed by atoms with Crippen molar-refractivity contribution in [1.29, 1.82) is 0 Å². The lowest BCUT2D eigenvalue weighted by Gasteiger charge is -2.19. The van der Waals surface area contributed by atoms with Crippen molar-refractivity contribution in [2.24, 2.45) is 5.41 Å². The van der Waals surface area contributed by atoms with Gasteiger partial charge >= 0.3 is 0 Å². The third kappa shape index (κ3) is 6.73. The second-order valence-corrected chi connectivity index (χ2v) is 5.67. The summed E-state index contributed by atoms with van der Waals surface area (Å²) >= 11 is 2.47. The zero-order chi connectivity index (χ0) is 6.78. The Labute approximate surface area is 66.2 Å². The molecule has 0 aliphatic rings. The molecule has 0 aromatic rings. The Morgan fingerprint density at radius 1 is 1.38 bits per heavy atom. The van der Waals surface area contributed by atoms with Crippen molar-refractivity contribution in [2.75, 3.05) is 0 Å². The summed E-state index contributed by atoms with van der Waals surface area (Å²) in [6.45, 7) is 9.10. The van der Waals surface area contributed by atoms with Gasteiger partial charge in [0.15, 0.2) is 0 Å².